The molecule has 0 radical (unpaired) electrons. The standard InChI is InChI=1S/C10H23N3O2S/c1-9(10-5-6-10)12-16(14,15)13(3)8-4-7-11-2/h9-12H,4-8H2,1-3H3. The van der Waals surface area contributed by atoms with E-state index in [0.717, 1.165) is 25.8 Å². The molecule has 1 unspecified atom stereocenters. The Labute approximate surface area is 98.8 Å². The Morgan fingerprint density at radius 3 is 2.56 bits per heavy atom. The Morgan fingerprint density at radius 2 is 2.06 bits per heavy atom. The minimum atomic E-state index is -3.29. The third kappa shape index (κ3) is 4.37. The van der Waals surface area contributed by atoms with Gasteiger partial charge in [0.25, 0.3) is 10.2 Å². The van der Waals surface area contributed by atoms with Crippen molar-refractivity contribution in [3.8, 4) is 0 Å². The topological polar surface area (TPSA) is 61.4 Å². The van der Waals surface area contributed by atoms with Crippen molar-refractivity contribution in [2.45, 2.75) is 32.2 Å². The molecule has 2 N–H and O–H groups in total. The van der Waals surface area contributed by atoms with Crippen LogP contribution in [0.5, 0.6) is 0 Å². The highest BCUT2D eigenvalue weighted by Gasteiger charge is 2.31. The molecule has 0 heterocycles. The first-order valence-corrected chi connectivity index (χ1v) is 7.29. The van der Waals surface area contributed by atoms with E-state index in [9.17, 15) is 8.42 Å². The zero-order chi connectivity index (χ0) is 12.2. The highest BCUT2D eigenvalue weighted by Crippen LogP contribution is 2.32. The summed E-state index contributed by atoms with van der Waals surface area (Å²) in [5.41, 5.74) is 0. The maximum atomic E-state index is 11.9. The third-order valence-electron chi connectivity index (χ3n) is 2.97. The van der Waals surface area contributed by atoms with Crippen molar-refractivity contribution < 1.29 is 8.42 Å². The predicted octanol–water partition coefficient (Wildman–Crippen LogP) is 0.161. The van der Waals surface area contributed by atoms with Crippen LogP contribution in [0.4, 0.5) is 0 Å². The summed E-state index contributed by atoms with van der Waals surface area (Å²) in [6.45, 7) is 3.32. The Kier molecular flexibility index (Phi) is 5.17. The average molecular weight is 249 g/mol. The summed E-state index contributed by atoms with van der Waals surface area (Å²) in [5, 5.41) is 3.00. The number of nitrogens with one attached hydrogen (secondary N) is 2. The molecule has 0 aromatic rings. The molecule has 0 bridgehead atoms. The lowest BCUT2D eigenvalue weighted by Gasteiger charge is -2.20. The monoisotopic (exact) mass is 249 g/mol. The second-order valence-electron chi connectivity index (χ2n) is 4.53. The van der Waals surface area contributed by atoms with Crippen LogP contribution < -0.4 is 10.0 Å². The SMILES string of the molecule is CNCCCN(C)S(=O)(=O)NC(C)C1CC1. The summed E-state index contributed by atoms with van der Waals surface area (Å²) in [5.74, 6) is 0.542. The molecule has 5 nitrogen and oxygen atoms in total. The van der Waals surface area contributed by atoms with Crippen LogP contribution in [0.3, 0.4) is 0 Å². The molecule has 0 aromatic carbocycles. The molecule has 96 valence electrons. The van der Waals surface area contributed by atoms with Crippen LogP contribution in [0, 0.1) is 5.92 Å². The lowest BCUT2D eigenvalue weighted by Crippen LogP contribution is -2.44. The minimum Gasteiger partial charge on any atom is -0.320 e. The molecule has 0 spiro atoms. The van der Waals surface area contributed by atoms with Gasteiger partial charge in [0.15, 0.2) is 0 Å². The summed E-state index contributed by atoms with van der Waals surface area (Å²) >= 11 is 0. The molecule has 6 heteroatoms. The zero-order valence-electron chi connectivity index (χ0n) is 10.4. The largest absolute Gasteiger partial charge is 0.320 e. The maximum Gasteiger partial charge on any atom is 0.279 e. The van der Waals surface area contributed by atoms with Crippen molar-refractivity contribution >= 4 is 10.2 Å². The zero-order valence-corrected chi connectivity index (χ0v) is 11.2. The van der Waals surface area contributed by atoms with Crippen molar-refractivity contribution in [1.29, 1.82) is 0 Å². The van der Waals surface area contributed by atoms with Crippen molar-refractivity contribution in [2.75, 3.05) is 27.2 Å². The molecule has 0 aliphatic heterocycles. The van der Waals surface area contributed by atoms with Crippen LogP contribution in [0.15, 0.2) is 0 Å². The van der Waals surface area contributed by atoms with Gasteiger partial charge in [-0.3, -0.25) is 0 Å². The van der Waals surface area contributed by atoms with E-state index >= 15 is 0 Å². The van der Waals surface area contributed by atoms with Crippen LogP contribution in [0.2, 0.25) is 0 Å². The summed E-state index contributed by atoms with van der Waals surface area (Å²) < 4.78 is 27.8. The molecule has 0 saturated heterocycles. The fraction of sp³-hybridized carbons (Fsp3) is 1.00. The van der Waals surface area contributed by atoms with Gasteiger partial charge in [0.05, 0.1) is 0 Å². The number of hydrogen-bond acceptors (Lipinski definition) is 3. The van der Waals surface area contributed by atoms with Crippen molar-refractivity contribution in [3.63, 3.8) is 0 Å². The summed E-state index contributed by atoms with van der Waals surface area (Å²) in [6.07, 6.45) is 3.12. The molecule has 0 amide bonds. The van der Waals surface area contributed by atoms with Gasteiger partial charge >= 0.3 is 0 Å². The second kappa shape index (κ2) is 5.95. The lowest BCUT2D eigenvalue weighted by atomic mass is 10.2. The molecule has 1 saturated carbocycles. The molecule has 16 heavy (non-hydrogen) atoms. The van der Waals surface area contributed by atoms with Gasteiger partial charge in [-0.25, -0.2) is 0 Å². The Balaban J connectivity index is 2.35. The van der Waals surface area contributed by atoms with Gasteiger partial charge in [-0.1, -0.05) is 0 Å². The quantitative estimate of drug-likeness (QED) is 0.602. The smallest absolute Gasteiger partial charge is 0.279 e. The molecule has 0 aromatic heterocycles. The summed E-state index contributed by atoms with van der Waals surface area (Å²) in [4.78, 5) is 0. The van der Waals surface area contributed by atoms with E-state index in [4.69, 9.17) is 0 Å². The lowest BCUT2D eigenvalue weighted by molar-refractivity contribution is 0.434. The Bertz CT molecular complexity index is 301. The van der Waals surface area contributed by atoms with Crippen LogP contribution in [-0.4, -0.2) is 45.9 Å². The van der Waals surface area contributed by atoms with Crippen LogP contribution >= 0.6 is 0 Å². The van der Waals surface area contributed by atoms with Crippen LogP contribution in [0.25, 0.3) is 0 Å². The fourth-order valence-electron chi connectivity index (χ4n) is 1.62. The molecule has 1 atom stereocenters. The van der Waals surface area contributed by atoms with E-state index < -0.39 is 10.2 Å². The van der Waals surface area contributed by atoms with E-state index in [0.29, 0.717) is 12.5 Å². The van der Waals surface area contributed by atoms with Gasteiger partial charge in [-0.05, 0) is 45.7 Å². The molecule has 1 fully saturated rings. The summed E-state index contributed by atoms with van der Waals surface area (Å²) in [7, 11) is 0.196. The Morgan fingerprint density at radius 1 is 1.44 bits per heavy atom. The first kappa shape index (κ1) is 13.9. The van der Waals surface area contributed by atoms with Crippen molar-refractivity contribution in [1.82, 2.24) is 14.3 Å². The number of nitrogens with zero attached hydrogens (tertiary/aromatic N) is 1. The van der Waals surface area contributed by atoms with Gasteiger partial charge in [0.1, 0.15) is 0 Å². The first-order valence-electron chi connectivity index (χ1n) is 5.85. The number of rotatable bonds is 8. The highest BCUT2D eigenvalue weighted by atomic mass is 32.2. The van der Waals surface area contributed by atoms with Crippen LogP contribution in [-0.2, 0) is 10.2 Å². The third-order valence-corrected chi connectivity index (χ3v) is 4.65. The molecule has 1 aliphatic carbocycles. The molecule has 1 rings (SSSR count). The fourth-order valence-corrected chi connectivity index (χ4v) is 2.83. The van der Waals surface area contributed by atoms with E-state index in [1.165, 1.54) is 4.31 Å². The van der Waals surface area contributed by atoms with Gasteiger partial charge in [-0.2, -0.15) is 17.4 Å². The van der Waals surface area contributed by atoms with E-state index in [1.54, 1.807) is 7.05 Å². The van der Waals surface area contributed by atoms with Gasteiger partial charge in [-0.15, -0.1) is 0 Å². The maximum absolute atomic E-state index is 11.9. The normalized spacial score (nSPS) is 19.0. The molecular formula is C10H23N3O2S. The predicted molar refractivity (Wildman–Crippen MR) is 65.4 cm³/mol. The number of hydrogen-bond donors (Lipinski definition) is 2. The van der Waals surface area contributed by atoms with Crippen molar-refractivity contribution in [3.05, 3.63) is 0 Å². The molecular weight excluding hydrogens is 226 g/mol. The first-order chi connectivity index (χ1) is 7.47. The van der Waals surface area contributed by atoms with Crippen molar-refractivity contribution in [2.24, 2.45) is 5.92 Å². The van der Waals surface area contributed by atoms with Gasteiger partial charge in [0, 0.05) is 19.6 Å². The van der Waals surface area contributed by atoms with E-state index in [1.807, 2.05) is 14.0 Å². The Hall–Kier alpha value is -0.170. The average Bonchev–Trinajstić information content (AvgIpc) is 3.00. The van der Waals surface area contributed by atoms with Gasteiger partial charge in [0.2, 0.25) is 0 Å². The minimum absolute atomic E-state index is 0.0664. The van der Waals surface area contributed by atoms with Crippen LogP contribution in [0.1, 0.15) is 26.2 Å². The van der Waals surface area contributed by atoms with E-state index in [2.05, 4.69) is 10.0 Å². The molecule has 1 aliphatic rings. The van der Waals surface area contributed by atoms with Gasteiger partial charge < -0.3 is 5.32 Å². The van der Waals surface area contributed by atoms with E-state index in [-0.39, 0.29) is 6.04 Å². The summed E-state index contributed by atoms with van der Waals surface area (Å²) in [6, 6.07) is 0.0664. The highest BCUT2D eigenvalue weighted by molar-refractivity contribution is 7.87. The second-order valence-corrected chi connectivity index (χ2v) is 6.34.